The Morgan fingerprint density at radius 2 is 1.83 bits per heavy atom. The summed E-state index contributed by atoms with van der Waals surface area (Å²) in [7, 11) is 1.53. The molecule has 0 aliphatic heterocycles. The van der Waals surface area contributed by atoms with E-state index in [-0.39, 0.29) is 60.4 Å². The number of benzene rings is 1. The minimum atomic E-state index is -0.699. The number of fused-ring (bicyclic) bond motifs is 2. The summed E-state index contributed by atoms with van der Waals surface area (Å²) in [6.45, 7) is 2.32. The van der Waals surface area contributed by atoms with E-state index in [1.165, 1.54) is 17.6 Å². The van der Waals surface area contributed by atoms with Crippen LogP contribution in [0.1, 0.15) is 23.7 Å². The third-order valence-electron chi connectivity index (χ3n) is 5.36. The van der Waals surface area contributed by atoms with Crippen molar-refractivity contribution in [2.75, 3.05) is 26.9 Å². The molecule has 4 rings (SSSR count). The Morgan fingerprint density at radius 3 is 2.58 bits per heavy atom. The Bertz CT molecular complexity index is 1530. The highest BCUT2D eigenvalue weighted by Gasteiger charge is 2.20. The minimum absolute atomic E-state index is 0.00689. The van der Waals surface area contributed by atoms with Gasteiger partial charge in [-0.05, 0) is 37.3 Å². The zero-order valence-corrected chi connectivity index (χ0v) is 20.0. The zero-order valence-electron chi connectivity index (χ0n) is 20.0. The van der Waals surface area contributed by atoms with Gasteiger partial charge >= 0.3 is 5.97 Å². The fourth-order valence-corrected chi connectivity index (χ4v) is 3.70. The van der Waals surface area contributed by atoms with E-state index < -0.39 is 11.9 Å². The molecule has 0 bridgehead atoms. The second-order valence-electron chi connectivity index (χ2n) is 7.75. The molecule has 1 amide bonds. The molecule has 10 heteroatoms. The second kappa shape index (κ2) is 11.4. The Kier molecular flexibility index (Phi) is 7.86. The van der Waals surface area contributed by atoms with Crippen molar-refractivity contribution in [1.29, 1.82) is 0 Å². The first-order valence-corrected chi connectivity index (χ1v) is 11.5. The molecule has 0 fully saturated rings. The van der Waals surface area contributed by atoms with Gasteiger partial charge in [0.05, 0.1) is 31.6 Å². The van der Waals surface area contributed by atoms with Crippen LogP contribution in [0.5, 0.6) is 5.75 Å². The molecule has 10 nitrogen and oxygen atoms in total. The van der Waals surface area contributed by atoms with E-state index in [1.807, 2.05) is 18.2 Å². The number of nitrogens with zero attached hydrogens (tertiary/aromatic N) is 4. The second-order valence-corrected chi connectivity index (χ2v) is 7.75. The van der Waals surface area contributed by atoms with Crippen molar-refractivity contribution < 1.29 is 23.8 Å². The van der Waals surface area contributed by atoms with Gasteiger partial charge in [0.15, 0.2) is 5.49 Å². The van der Waals surface area contributed by atoms with Gasteiger partial charge < -0.3 is 18.8 Å². The van der Waals surface area contributed by atoms with Crippen molar-refractivity contribution in [3.05, 3.63) is 82.2 Å². The van der Waals surface area contributed by atoms with Crippen LogP contribution in [-0.2, 0) is 20.8 Å². The van der Waals surface area contributed by atoms with Crippen molar-refractivity contribution in [3.8, 4) is 5.75 Å². The summed E-state index contributed by atoms with van der Waals surface area (Å²) in [6, 6.07) is 15.7. The van der Waals surface area contributed by atoms with Gasteiger partial charge in [-0.3, -0.25) is 14.0 Å². The van der Waals surface area contributed by atoms with Gasteiger partial charge in [0.1, 0.15) is 22.6 Å². The molecule has 0 spiro atoms. The van der Waals surface area contributed by atoms with Gasteiger partial charge in [0, 0.05) is 19.9 Å². The van der Waals surface area contributed by atoms with Crippen LogP contribution in [-0.4, -0.2) is 52.8 Å². The largest absolute Gasteiger partial charge is 0.493 e. The lowest BCUT2D eigenvalue weighted by molar-refractivity contribution is -0.118. The molecule has 0 aliphatic carbocycles. The standard InChI is InChI=1S/C26H26N4O6/c1-3-35-26(33)20-17-19-23(27-21-11-7-8-13-29(21)25(19)32)30(14-16-34-2)24(20)28-22(31)12-15-36-18-9-5-4-6-10-18/h4-11,13,17H,3,12,14-16H2,1-2H3. The number of aromatic nitrogens is 3. The van der Waals surface area contributed by atoms with Crippen molar-refractivity contribution in [3.63, 3.8) is 0 Å². The highest BCUT2D eigenvalue weighted by molar-refractivity contribution is 5.93. The van der Waals surface area contributed by atoms with Crippen LogP contribution in [0.2, 0.25) is 0 Å². The van der Waals surface area contributed by atoms with E-state index >= 15 is 0 Å². The molecule has 0 atom stereocenters. The van der Waals surface area contributed by atoms with Crippen molar-refractivity contribution in [2.24, 2.45) is 4.99 Å². The Morgan fingerprint density at radius 1 is 1.06 bits per heavy atom. The fraction of sp³-hybridized carbons (Fsp3) is 0.269. The summed E-state index contributed by atoms with van der Waals surface area (Å²) in [5.41, 5.74) is 0.380. The molecule has 3 heterocycles. The fourth-order valence-electron chi connectivity index (χ4n) is 3.70. The highest BCUT2D eigenvalue weighted by Crippen LogP contribution is 2.12. The third-order valence-corrected chi connectivity index (χ3v) is 5.36. The predicted molar refractivity (Wildman–Crippen MR) is 132 cm³/mol. The predicted octanol–water partition coefficient (Wildman–Crippen LogP) is 2.37. The van der Waals surface area contributed by atoms with E-state index in [9.17, 15) is 14.4 Å². The summed E-state index contributed by atoms with van der Waals surface area (Å²) in [4.78, 5) is 47.9. The average molecular weight is 491 g/mol. The molecule has 0 radical (unpaired) electrons. The van der Waals surface area contributed by atoms with Gasteiger partial charge in [-0.1, -0.05) is 24.3 Å². The molecule has 0 N–H and O–H groups in total. The van der Waals surface area contributed by atoms with Crippen LogP contribution >= 0.6 is 0 Å². The van der Waals surface area contributed by atoms with Crippen LogP contribution in [0.3, 0.4) is 0 Å². The molecule has 4 aromatic rings. The molecular weight excluding hydrogens is 464 g/mol. The first-order valence-electron chi connectivity index (χ1n) is 11.5. The molecule has 0 aliphatic rings. The third kappa shape index (κ3) is 5.33. The molecule has 36 heavy (non-hydrogen) atoms. The number of hydrogen-bond acceptors (Lipinski definition) is 7. The number of rotatable bonds is 9. The maximum absolute atomic E-state index is 13.3. The van der Waals surface area contributed by atoms with Crippen molar-refractivity contribution in [2.45, 2.75) is 19.9 Å². The number of hydrogen-bond donors (Lipinski definition) is 0. The summed E-state index contributed by atoms with van der Waals surface area (Å²) >= 11 is 0. The zero-order chi connectivity index (χ0) is 25.5. The maximum atomic E-state index is 13.3. The molecule has 0 saturated heterocycles. The first-order chi connectivity index (χ1) is 17.5. The van der Waals surface area contributed by atoms with E-state index in [0.717, 1.165) is 0 Å². The number of ether oxygens (including phenoxy) is 3. The molecular formula is C26H26N4O6. The Hall–Kier alpha value is -4.31. The molecule has 186 valence electrons. The van der Waals surface area contributed by atoms with Crippen molar-refractivity contribution >= 4 is 28.6 Å². The van der Waals surface area contributed by atoms with E-state index in [0.29, 0.717) is 11.4 Å². The number of carbonyl (C=O) groups is 2. The molecule has 3 aromatic heterocycles. The van der Waals surface area contributed by atoms with Gasteiger partial charge in [0.2, 0.25) is 0 Å². The first kappa shape index (κ1) is 24.8. The van der Waals surface area contributed by atoms with Gasteiger partial charge in [-0.15, -0.1) is 0 Å². The van der Waals surface area contributed by atoms with Gasteiger partial charge in [0.25, 0.3) is 11.5 Å². The number of pyridine rings is 2. The van der Waals surface area contributed by atoms with Gasteiger partial charge in [-0.2, -0.15) is 4.99 Å². The SMILES string of the molecule is CCOC(=O)c1cc2c(=O)n3ccccc3nc2n(CCOC)c1=NC(=O)CCOc1ccccc1. The summed E-state index contributed by atoms with van der Waals surface area (Å²) in [5.74, 6) is -0.565. The summed E-state index contributed by atoms with van der Waals surface area (Å²) in [6.07, 6.45) is 1.58. The van der Waals surface area contributed by atoms with Gasteiger partial charge in [-0.25, -0.2) is 9.78 Å². The van der Waals surface area contributed by atoms with Crippen LogP contribution in [0.15, 0.2) is 70.6 Å². The summed E-state index contributed by atoms with van der Waals surface area (Å²) in [5, 5.41) is 0.191. The van der Waals surface area contributed by atoms with E-state index in [1.54, 1.807) is 48.0 Å². The number of para-hydroxylation sites is 1. The summed E-state index contributed by atoms with van der Waals surface area (Å²) < 4.78 is 19.0. The number of carbonyl (C=O) groups excluding carboxylic acids is 2. The highest BCUT2D eigenvalue weighted by atomic mass is 16.5. The lowest BCUT2D eigenvalue weighted by atomic mass is 10.2. The monoisotopic (exact) mass is 490 g/mol. The smallest absolute Gasteiger partial charge is 0.341 e. The van der Waals surface area contributed by atoms with Crippen LogP contribution in [0, 0.1) is 0 Å². The quantitative estimate of drug-likeness (QED) is 0.261. The van der Waals surface area contributed by atoms with E-state index in [2.05, 4.69) is 9.98 Å². The van der Waals surface area contributed by atoms with Crippen LogP contribution in [0.25, 0.3) is 16.7 Å². The molecule has 1 aromatic carbocycles. The average Bonchev–Trinajstić information content (AvgIpc) is 2.89. The number of esters is 1. The molecule has 0 unspecified atom stereocenters. The topological polar surface area (TPSA) is 113 Å². The van der Waals surface area contributed by atoms with Crippen molar-refractivity contribution in [1.82, 2.24) is 14.0 Å². The normalized spacial score (nSPS) is 11.7. The lowest BCUT2D eigenvalue weighted by Gasteiger charge is -2.15. The van der Waals surface area contributed by atoms with E-state index in [4.69, 9.17) is 14.2 Å². The maximum Gasteiger partial charge on any atom is 0.341 e. The number of amides is 1. The minimum Gasteiger partial charge on any atom is -0.493 e. The Balaban J connectivity index is 1.86. The van der Waals surface area contributed by atoms with Crippen LogP contribution < -0.4 is 15.8 Å². The lowest BCUT2D eigenvalue weighted by Crippen LogP contribution is -2.33. The number of methoxy groups -OCH3 is 1. The van der Waals surface area contributed by atoms with Crippen LogP contribution in [0.4, 0.5) is 0 Å². The Labute approximate surface area is 206 Å². The molecule has 0 saturated carbocycles.